The third kappa shape index (κ3) is 3.50. The minimum absolute atomic E-state index is 0.125. The summed E-state index contributed by atoms with van der Waals surface area (Å²) in [5, 5.41) is -0.655. The first-order chi connectivity index (χ1) is 16.2. The van der Waals surface area contributed by atoms with E-state index < -0.39 is 44.5 Å². The Balaban J connectivity index is 1.80. The molecular formula is C24H23NO8S. The van der Waals surface area contributed by atoms with E-state index in [4.69, 9.17) is 14.2 Å². The number of fused-ring (bicyclic) bond motifs is 1. The van der Waals surface area contributed by atoms with Crippen LogP contribution in [0.1, 0.15) is 22.8 Å². The number of carbonyl (C=O) groups excluding carboxylic acids is 3. The van der Waals surface area contributed by atoms with Gasteiger partial charge in [0.25, 0.3) is 5.91 Å². The third-order valence-corrected chi connectivity index (χ3v) is 7.86. The molecule has 2 heterocycles. The van der Waals surface area contributed by atoms with Gasteiger partial charge in [-0.15, -0.1) is 0 Å². The van der Waals surface area contributed by atoms with E-state index in [1.54, 1.807) is 42.5 Å². The maximum Gasteiger partial charge on any atom is 0.345 e. The number of β-lactam (4-membered cyclic amide) rings is 1. The van der Waals surface area contributed by atoms with Crippen LogP contribution in [0.3, 0.4) is 0 Å². The maximum absolute atomic E-state index is 13.8. The van der Waals surface area contributed by atoms with Crippen molar-refractivity contribution in [3.05, 3.63) is 76.7 Å². The van der Waals surface area contributed by atoms with Crippen LogP contribution < -0.4 is 4.74 Å². The molecule has 0 aliphatic carbocycles. The van der Waals surface area contributed by atoms with Gasteiger partial charge in [-0.1, -0.05) is 42.5 Å². The Hall–Kier alpha value is -3.50. The monoisotopic (exact) mass is 485 g/mol. The SMILES string of the molecule is COc1ccc(COC(=O)C2(C(=O)c3ccccc3)C(C)=CS(=O)(=O)[C@@H]3[C@@H](OC)C(=O)N32)cc1. The van der Waals surface area contributed by atoms with Crippen LogP contribution in [0.5, 0.6) is 5.75 Å². The molecule has 1 saturated heterocycles. The lowest BCUT2D eigenvalue weighted by Gasteiger charge is -2.55. The number of hydrogen-bond donors (Lipinski definition) is 0. The molecule has 0 spiro atoms. The second-order valence-corrected chi connectivity index (χ2v) is 9.87. The van der Waals surface area contributed by atoms with Crippen LogP contribution in [0.25, 0.3) is 0 Å². The molecule has 0 bridgehead atoms. The van der Waals surface area contributed by atoms with E-state index in [2.05, 4.69) is 0 Å². The van der Waals surface area contributed by atoms with Crippen molar-refractivity contribution in [2.24, 2.45) is 0 Å². The number of Topliss-reactive ketones (excluding diaryl/α,β-unsaturated/α-hetero) is 1. The van der Waals surface area contributed by atoms with Gasteiger partial charge in [0.1, 0.15) is 12.4 Å². The summed E-state index contributed by atoms with van der Waals surface area (Å²) in [7, 11) is -1.30. The van der Waals surface area contributed by atoms with Gasteiger partial charge in [-0.05, 0) is 30.2 Å². The van der Waals surface area contributed by atoms with E-state index in [0.29, 0.717) is 11.3 Å². The van der Waals surface area contributed by atoms with Crippen LogP contribution in [0.15, 0.2) is 65.6 Å². The van der Waals surface area contributed by atoms with E-state index in [0.717, 1.165) is 10.3 Å². The number of sulfone groups is 1. The van der Waals surface area contributed by atoms with E-state index in [1.807, 2.05) is 0 Å². The van der Waals surface area contributed by atoms with Crippen molar-refractivity contribution < 1.29 is 37.0 Å². The average Bonchev–Trinajstić information content (AvgIpc) is 2.83. The fourth-order valence-electron chi connectivity index (χ4n) is 4.34. The second kappa shape index (κ2) is 8.69. The Bertz CT molecular complexity index is 1270. The smallest absolute Gasteiger partial charge is 0.345 e. The van der Waals surface area contributed by atoms with Gasteiger partial charge in [0.15, 0.2) is 21.3 Å². The van der Waals surface area contributed by atoms with Gasteiger partial charge in [0.2, 0.25) is 11.3 Å². The summed E-state index contributed by atoms with van der Waals surface area (Å²) in [6, 6.07) is 14.6. The Kier molecular flexibility index (Phi) is 6.05. The average molecular weight is 486 g/mol. The highest BCUT2D eigenvalue weighted by molar-refractivity contribution is 7.95. The standard InChI is InChI=1S/C24H23NO8S/c1-15-14-34(29,30)22-19(32-3)21(27)25(22)24(15,20(26)17-7-5-4-6-8-17)23(28)33-13-16-9-11-18(31-2)12-10-16/h4-12,14,19,22H,13H2,1-3H3/t19-,22+,24?/m0/s1. The van der Waals surface area contributed by atoms with Crippen LogP contribution in [-0.2, 0) is 35.5 Å². The maximum atomic E-state index is 13.8. The molecule has 2 aromatic carbocycles. The van der Waals surface area contributed by atoms with Crippen molar-refractivity contribution in [2.45, 2.75) is 30.5 Å². The number of esters is 1. The van der Waals surface area contributed by atoms with E-state index in [-0.39, 0.29) is 17.7 Å². The molecule has 34 heavy (non-hydrogen) atoms. The molecule has 1 fully saturated rings. The molecule has 9 nitrogen and oxygen atoms in total. The molecule has 2 aliphatic rings. The van der Waals surface area contributed by atoms with Crippen LogP contribution >= 0.6 is 0 Å². The number of benzene rings is 2. The van der Waals surface area contributed by atoms with Crippen molar-refractivity contribution in [3.63, 3.8) is 0 Å². The van der Waals surface area contributed by atoms with E-state index in [1.165, 1.54) is 33.3 Å². The topological polar surface area (TPSA) is 116 Å². The number of methoxy groups -OCH3 is 2. The number of rotatable bonds is 7. The predicted octanol–water partition coefficient (Wildman–Crippen LogP) is 1.88. The third-order valence-electron chi connectivity index (χ3n) is 6.05. The minimum atomic E-state index is -4.02. The number of amides is 1. The summed E-state index contributed by atoms with van der Waals surface area (Å²) in [5.74, 6) is -1.98. The van der Waals surface area contributed by atoms with Gasteiger partial charge in [-0.3, -0.25) is 14.5 Å². The van der Waals surface area contributed by atoms with Crippen LogP contribution in [-0.4, -0.2) is 62.2 Å². The zero-order valence-corrected chi connectivity index (χ0v) is 19.6. The minimum Gasteiger partial charge on any atom is -0.497 e. The molecule has 1 unspecified atom stereocenters. The Morgan fingerprint density at radius 1 is 1.03 bits per heavy atom. The predicted molar refractivity (Wildman–Crippen MR) is 120 cm³/mol. The summed E-state index contributed by atoms with van der Waals surface area (Å²) >= 11 is 0. The first kappa shape index (κ1) is 23.7. The number of hydrogen-bond acceptors (Lipinski definition) is 8. The van der Waals surface area contributed by atoms with Gasteiger partial charge in [-0.25, -0.2) is 13.2 Å². The van der Waals surface area contributed by atoms with Gasteiger partial charge in [0, 0.05) is 18.1 Å². The summed E-state index contributed by atoms with van der Waals surface area (Å²) in [4.78, 5) is 41.3. The van der Waals surface area contributed by atoms with E-state index >= 15 is 0 Å². The first-order valence-corrected chi connectivity index (χ1v) is 12.0. The largest absolute Gasteiger partial charge is 0.497 e. The van der Waals surface area contributed by atoms with Crippen molar-refractivity contribution in [3.8, 4) is 5.75 Å². The molecule has 178 valence electrons. The highest BCUT2D eigenvalue weighted by Crippen LogP contribution is 2.45. The summed E-state index contributed by atoms with van der Waals surface area (Å²) in [5.41, 5.74) is -1.66. The molecule has 4 rings (SSSR count). The van der Waals surface area contributed by atoms with Gasteiger partial charge >= 0.3 is 5.97 Å². The highest BCUT2D eigenvalue weighted by Gasteiger charge is 2.70. The number of ether oxygens (including phenoxy) is 3. The molecule has 2 aromatic rings. The highest BCUT2D eigenvalue weighted by atomic mass is 32.2. The fourth-order valence-corrected chi connectivity index (χ4v) is 6.27. The van der Waals surface area contributed by atoms with Gasteiger partial charge in [-0.2, -0.15) is 0 Å². The fraction of sp³-hybridized carbons (Fsp3) is 0.292. The van der Waals surface area contributed by atoms with Gasteiger partial charge in [0.05, 0.1) is 7.11 Å². The normalized spacial score (nSPS) is 25.0. The zero-order chi connectivity index (χ0) is 24.7. The van der Waals surface area contributed by atoms with Crippen LogP contribution in [0.4, 0.5) is 0 Å². The Labute approximate surface area is 196 Å². The lowest BCUT2D eigenvalue weighted by molar-refractivity contribution is -0.181. The van der Waals surface area contributed by atoms with Gasteiger partial charge < -0.3 is 14.2 Å². The van der Waals surface area contributed by atoms with E-state index in [9.17, 15) is 22.8 Å². The summed E-state index contributed by atoms with van der Waals surface area (Å²) < 4.78 is 41.4. The molecule has 2 aliphatic heterocycles. The molecule has 10 heteroatoms. The molecule has 0 aromatic heterocycles. The summed E-state index contributed by atoms with van der Waals surface area (Å²) in [6.45, 7) is 1.13. The molecule has 3 atom stereocenters. The zero-order valence-electron chi connectivity index (χ0n) is 18.8. The number of nitrogens with zero attached hydrogens (tertiary/aromatic N) is 1. The quantitative estimate of drug-likeness (QED) is 0.253. The molecular weight excluding hydrogens is 462 g/mol. The number of ketones is 1. The van der Waals surface area contributed by atoms with Crippen molar-refractivity contribution >= 4 is 27.5 Å². The second-order valence-electron chi connectivity index (χ2n) is 7.97. The Morgan fingerprint density at radius 3 is 2.26 bits per heavy atom. The van der Waals surface area contributed by atoms with Crippen molar-refractivity contribution in [1.82, 2.24) is 4.90 Å². The Morgan fingerprint density at radius 2 is 1.68 bits per heavy atom. The molecule has 0 saturated carbocycles. The van der Waals surface area contributed by atoms with Crippen molar-refractivity contribution in [2.75, 3.05) is 14.2 Å². The van der Waals surface area contributed by atoms with Crippen LogP contribution in [0.2, 0.25) is 0 Å². The van der Waals surface area contributed by atoms with Crippen LogP contribution in [0, 0.1) is 0 Å². The lowest BCUT2D eigenvalue weighted by Crippen LogP contribution is -2.80. The molecule has 0 radical (unpaired) electrons. The molecule has 1 amide bonds. The van der Waals surface area contributed by atoms with Crippen molar-refractivity contribution in [1.29, 1.82) is 0 Å². The molecule has 0 N–H and O–H groups in total. The first-order valence-electron chi connectivity index (χ1n) is 10.4. The number of carbonyl (C=O) groups is 3. The summed E-state index contributed by atoms with van der Waals surface area (Å²) in [6.07, 6.45) is -1.33. The lowest BCUT2D eigenvalue weighted by atomic mass is 9.78.